The van der Waals surface area contributed by atoms with Gasteiger partial charge in [-0.15, -0.1) is 0 Å². The van der Waals surface area contributed by atoms with Gasteiger partial charge >= 0.3 is 5.63 Å². The van der Waals surface area contributed by atoms with Gasteiger partial charge in [-0.05, 0) is 31.0 Å². The van der Waals surface area contributed by atoms with Gasteiger partial charge in [-0.3, -0.25) is 4.79 Å². The van der Waals surface area contributed by atoms with Gasteiger partial charge < -0.3 is 24.4 Å². The molecule has 1 atom stereocenters. The van der Waals surface area contributed by atoms with Crippen LogP contribution in [0, 0.1) is 0 Å². The fourth-order valence-electron chi connectivity index (χ4n) is 2.27. The van der Waals surface area contributed by atoms with Crippen molar-refractivity contribution in [2.45, 2.75) is 32.8 Å². The molecule has 7 nitrogen and oxygen atoms in total. The van der Waals surface area contributed by atoms with E-state index in [4.69, 9.17) is 9.15 Å². The minimum Gasteiger partial charge on any atom is -0.550 e. The molecule has 0 saturated heterocycles. The number of hydrogen-bond acceptors (Lipinski definition) is 6. The van der Waals surface area contributed by atoms with E-state index in [1.54, 1.807) is 18.2 Å². The van der Waals surface area contributed by atoms with Crippen LogP contribution in [0.2, 0.25) is 0 Å². The molecule has 0 fully saturated rings. The van der Waals surface area contributed by atoms with Crippen molar-refractivity contribution in [3.05, 3.63) is 40.2 Å². The first-order valence-corrected chi connectivity index (χ1v) is 7.61. The lowest BCUT2D eigenvalue weighted by molar-refractivity contribution is -0.305. The van der Waals surface area contributed by atoms with Gasteiger partial charge in [-0.2, -0.15) is 0 Å². The molecular weight excluding hydrogens is 314 g/mol. The molecule has 2 rings (SSSR count). The highest BCUT2D eigenvalue weighted by molar-refractivity contribution is 5.83. The lowest BCUT2D eigenvalue weighted by atomic mass is 10.1. The molecule has 0 aliphatic carbocycles. The number of amides is 1. The minimum absolute atomic E-state index is 0.0265. The summed E-state index contributed by atoms with van der Waals surface area (Å²) < 4.78 is 10.7. The SMILES string of the molecule is CCc1cc(=O)oc2cc(O[C@H](C)C(=O)NCCC(=O)[O-])ccc12. The van der Waals surface area contributed by atoms with Gasteiger partial charge in [0.2, 0.25) is 0 Å². The number of benzene rings is 1. The van der Waals surface area contributed by atoms with Crippen molar-refractivity contribution in [3.63, 3.8) is 0 Å². The van der Waals surface area contributed by atoms with Gasteiger partial charge in [-0.25, -0.2) is 4.79 Å². The number of ether oxygens (including phenoxy) is 1. The van der Waals surface area contributed by atoms with E-state index in [1.165, 1.54) is 13.0 Å². The third kappa shape index (κ3) is 4.34. The fraction of sp³-hybridized carbons (Fsp3) is 0.353. The lowest BCUT2D eigenvalue weighted by Crippen LogP contribution is -2.38. The molecular formula is C17H18NO6-. The number of fused-ring (bicyclic) bond motifs is 1. The molecule has 0 saturated carbocycles. The highest BCUT2D eigenvalue weighted by Crippen LogP contribution is 2.23. The van der Waals surface area contributed by atoms with E-state index >= 15 is 0 Å². The Kier molecular flexibility index (Phi) is 5.57. The predicted molar refractivity (Wildman–Crippen MR) is 84.6 cm³/mol. The molecule has 0 bridgehead atoms. The van der Waals surface area contributed by atoms with E-state index in [1.807, 2.05) is 6.92 Å². The van der Waals surface area contributed by atoms with Crippen LogP contribution >= 0.6 is 0 Å². The Morgan fingerprint density at radius 1 is 1.33 bits per heavy atom. The molecule has 1 aromatic heterocycles. The van der Waals surface area contributed by atoms with Crippen molar-refractivity contribution in [2.75, 3.05) is 6.54 Å². The summed E-state index contributed by atoms with van der Waals surface area (Å²) in [5.74, 6) is -1.30. The van der Waals surface area contributed by atoms with E-state index < -0.39 is 23.6 Å². The number of nitrogens with one attached hydrogen (secondary N) is 1. The van der Waals surface area contributed by atoms with Crippen molar-refractivity contribution in [1.82, 2.24) is 5.32 Å². The molecule has 24 heavy (non-hydrogen) atoms. The third-order valence-electron chi connectivity index (χ3n) is 3.49. The van der Waals surface area contributed by atoms with Crippen molar-refractivity contribution >= 4 is 22.8 Å². The Balaban J connectivity index is 2.11. The monoisotopic (exact) mass is 332 g/mol. The maximum Gasteiger partial charge on any atom is 0.336 e. The van der Waals surface area contributed by atoms with Crippen LogP contribution < -0.4 is 20.8 Å². The van der Waals surface area contributed by atoms with Crippen molar-refractivity contribution in [2.24, 2.45) is 0 Å². The average molecular weight is 332 g/mol. The van der Waals surface area contributed by atoms with Gasteiger partial charge in [0, 0.05) is 36.5 Å². The minimum atomic E-state index is -1.24. The van der Waals surface area contributed by atoms with Crippen LogP contribution in [-0.2, 0) is 16.0 Å². The number of carbonyl (C=O) groups is 2. The first-order chi connectivity index (χ1) is 11.4. The van der Waals surface area contributed by atoms with Gasteiger partial charge in [0.15, 0.2) is 6.10 Å². The molecule has 2 aromatic rings. The first kappa shape index (κ1) is 17.5. The number of carboxylic acids is 1. The van der Waals surface area contributed by atoms with Crippen LogP contribution in [0.1, 0.15) is 25.8 Å². The van der Waals surface area contributed by atoms with E-state index in [9.17, 15) is 19.5 Å². The number of aliphatic carboxylic acids is 1. The van der Waals surface area contributed by atoms with Crippen molar-refractivity contribution in [1.29, 1.82) is 0 Å². The summed E-state index contributed by atoms with van der Waals surface area (Å²) in [6.45, 7) is 3.45. The van der Waals surface area contributed by atoms with E-state index in [0.29, 0.717) is 17.8 Å². The molecule has 1 aromatic carbocycles. The summed E-state index contributed by atoms with van der Waals surface area (Å²) in [5.41, 5.74) is 0.826. The smallest absolute Gasteiger partial charge is 0.336 e. The zero-order valence-electron chi connectivity index (χ0n) is 13.5. The summed E-state index contributed by atoms with van der Waals surface area (Å²) in [5, 5.41) is 13.6. The Labute approximate surface area is 138 Å². The second-order valence-corrected chi connectivity index (χ2v) is 5.28. The molecule has 7 heteroatoms. The van der Waals surface area contributed by atoms with E-state index in [2.05, 4.69) is 5.32 Å². The van der Waals surface area contributed by atoms with Gasteiger partial charge in [0.05, 0.1) is 0 Å². The zero-order chi connectivity index (χ0) is 17.7. The number of carbonyl (C=O) groups excluding carboxylic acids is 2. The fourth-order valence-corrected chi connectivity index (χ4v) is 2.27. The second-order valence-electron chi connectivity index (χ2n) is 5.28. The highest BCUT2D eigenvalue weighted by Gasteiger charge is 2.15. The predicted octanol–water partition coefficient (Wildman–Crippen LogP) is 0.379. The van der Waals surface area contributed by atoms with Crippen LogP contribution in [0.3, 0.4) is 0 Å². The molecule has 0 aliphatic heterocycles. The van der Waals surface area contributed by atoms with Crippen LogP contribution in [0.4, 0.5) is 0 Å². The Morgan fingerprint density at radius 3 is 2.75 bits per heavy atom. The average Bonchev–Trinajstić information content (AvgIpc) is 2.53. The third-order valence-corrected chi connectivity index (χ3v) is 3.49. The zero-order valence-corrected chi connectivity index (χ0v) is 13.5. The summed E-state index contributed by atoms with van der Waals surface area (Å²) in [6.07, 6.45) is -0.399. The molecule has 0 aliphatic rings. The van der Waals surface area contributed by atoms with Crippen LogP contribution in [-0.4, -0.2) is 24.5 Å². The van der Waals surface area contributed by atoms with Gasteiger partial charge in [0.25, 0.3) is 5.91 Å². The molecule has 0 unspecified atom stereocenters. The normalized spacial score (nSPS) is 11.9. The Bertz CT molecular complexity index is 810. The van der Waals surface area contributed by atoms with Crippen LogP contribution in [0.15, 0.2) is 33.5 Å². The number of hydrogen-bond donors (Lipinski definition) is 1. The van der Waals surface area contributed by atoms with Crippen LogP contribution in [0.5, 0.6) is 5.75 Å². The van der Waals surface area contributed by atoms with E-state index in [-0.39, 0.29) is 13.0 Å². The largest absolute Gasteiger partial charge is 0.550 e. The molecule has 1 N–H and O–H groups in total. The lowest BCUT2D eigenvalue weighted by Gasteiger charge is -2.15. The standard InChI is InChI=1S/C17H19NO6/c1-3-11-8-16(21)24-14-9-12(4-5-13(11)14)23-10(2)17(22)18-7-6-15(19)20/h4-5,8-10H,3,6-7H2,1-2H3,(H,18,22)(H,19,20)/p-1/t10-/m1/s1. The van der Waals surface area contributed by atoms with Gasteiger partial charge in [-0.1, -0.05) is 6.92 Å². The number of rotatable bonds is 7. The quantitative estimate of drug-likeness (QED) is 0.734. The molecule has 1 heterocycles. The Morgan fingerprint density at radius 2 is 2.08 bits per heavy atom. The van der Waals surface area contributed by atoms with Crippen molar-refractivity contribution < 1.29 is 23.8 Å². The highest BCUT2D eigenvalue weighted by atomic mass is 16.5. The second kappa shape index (κ2) is 7.63. The Hall–Kier alpha value is -2.83. The maximum absolute atomic E-state index is 11.8. The van der Waals surface area contributed by atoms with Crippen molar-refractivity contribution in [3.8, 4) is 5.75 Å². The van der Waals surface area contributed by atoms with E-state index in [0.717, 1.165) is 10.9 Å². The molecule has 1 amide bonds. The molecule has 128 valence electrons. The maximum atomic E-state index is 11.8. The topological polar surface area (TPSA) is 109 Å². The summed E-state index contributed by atoms with van der Waals surface area (Å²) in [4.78, 5) is 33.7. The molecule has 0 spiro atoms. The number of aryl methyl sites for hydroxylation is 1. The summed E-state index contributed by atoms with van der Waals surface area (Å²) in [6, 6.07) is 6.47. The molecule has 0 radical (unpaired) electrons. The number of carboxylic acid groups (broad SMARTS) is 1. The first-order valence-electron chi connectivity index (χ1n) is 7.61. The summed E-state index contributed by atoms with van der Waals surface area (Å²) in [7, 11) is 0. The summed E-state index contributed by atoms with van der Waals surface area (Å²) >= 11 is 0. The van der Waals surface area contributed by atoms with Gasteiger partial charge in [0.1, 0.15) is 11.3 Å². The van der Waals surface area contributed by atoms with Crippen LogP contribution in [0.25, 0.3) is 11.0 Å².